The predicted molar refractivity (Wildman–Crippen MR) is 128 cm³/mol. The third kappa shape index (κ3) is 7.35. The van der Waals surface area contributed by atoms with Crippen molar-refractivity contribution in [2.24, 2.45) is 4.99 Å². The number of halogens is 1. The van der Waals surface area contributed by atoms with Gasteiger partial charge in [0, 0.05) is 51.4 Å². The fourth-order valence-electron chi connectivity index (χ4n) is 3.25. The molecule has 0 amide bonds. The summed E-state index contributed by atoms with van der Waals surface area (Å²) in [4.78, 5) is 9.49. The Kier molecular flexibility index (Phi) is 10.2. The van der Waals surface area contributed by atoms with Crippen LogP contribution in [-0.2, 0) is 6.54 Å². The number of piperazine rings is 1. The van der Waals surface area contributed by atoms with E-state index in [0.29, 0.717) is 6.54 Å². The van der Waals surface area contributed by atoms with E-state index in [2.05, 4.69) is 27.2 Å². The summed E-state index contributed by atoms with van der Waals surface area (Å²) in [6.07, 6.45) is 1.58. The van der Waals surface area contributed by atoms with E-state index < -0.39 is 0 Å². The number of rotatable bonds is 8. The van der Waals surface area contributed by atoms with E-state index in [1.54, 1.807) is 13.4 Å². The normalized spacial score (nSPS) is 16.0. The molecule has 0 bridgehead atoms. The molecule has 9 heteroatoms. The Morgan fingerprint density at radius 1 is 1.23 bits per heavy atom. The SMILES string of the molecule is CCNC(=NCC(C)Oc1cccc(OC)c1)N1CCN(Cc2ccon2)CC1.I. The van der Waals surface area contributed by atoms with Crippen molar-refractivity contribution in [3.8, 4) is 11.5 Å². The summed E-state index contributed by atoms with van der Waals surface area (Å²) in [5.41, 5.74) is 0.975. The zero-order chi connectivity index (χ0) is 20.5. The number of benzene rings is 1. The maximum Gasteiger partial charge on any atom is 0.194 e. The third-order valence-corrected chi connectivity index (χ3v) is 4.76. The van der Waals surface area contributed by atoms with Crippen LogP contribution < -0.4 is 14.8 Å². The average Bonchev–Trinajstić information content (AvgIpc) is 3.25. The van der Waals surface area contributed by atoms with Gasteiger partial charge in [-0.2, -0.15) is 0 Å². The van der Waals surface area contributed by atoms with Crippen LogP contribution in [0.3, 0.4) is 0 Å². The number of nitrogens with one attached hydrogen (secondary N) is 1. The first-order valence-corrected chi connectivity index (χ1v) is 10.1. The highest BCUT2D eigenvalue weighted by Crippen LogP contribution is 2.20. The first-order chi connectivity index (χ1) is 14.2. The minimum absolute atomic E-state index is 0. The van der Waals surface area contributed by atoms with Gasteiger partial charge in [0.25, 0.3) is 0 Å². The summed E-state index contributed by atoms with van der Waals surface area (Å²) in [6, 6.07) is 9.57. The lowest BCUT2D eigenvalue weighted by Gasteiger charge is -2.36. The predicted octanol–water partition coefficient (Wildman–Crippen LogP) is 2.85. The molecule has 0 spiro atoms. The first-order valence-electron chi connectivity index (χ1n) is 10.1. The van der Waals surface area contributed by atoms with Crippen molar-refractivity contribution >= 4 is 29.9 Å². The fraction of sp³-hybridized carbons (Fsp3) is 0.524. The summed E-state index contributed by atoms with van der Waals surface area (Å²) in [6.45, 7) is 10.1. The van der Waals surface area contributed by atoms with Crippen LogP contribution in [0.5, 0.6) is 11.5 Å². The van der Waals surface area contributed by atoms with E-state index in [1.807, 2.05) is 37.3 Å². The van der Waals surface area contributed by atoms with Gasteiger partial charge >= 0.3 is 0 Å². The highest BCUT2D eigenvalue weighted by atomic mass is 127. The minimum atomic E-state index is -0.0378. The van der Waals surface area contributed by atoms with E-state index in [0.717, 1.165) is 62.4 Å². The Balaban J connectivity index is 0.00000320. The number of hydrogen-bond donors (Lipinski definition) is 1. The molecule has 1 unspecified atom stereocenters. The van der Waals surface area contributed by atoms with Crippen molar-refractivity contribution in [2.45, 2.75) is 26.5 Å². The molecule has 3 rings (SSSR count). The van der Waals surface area contributed by atoms with Gasteiger partial charge < -0.3 is 24.2 Å². The lowest BCUT2D eigenvalue weighted by molar-refractivity contribution is 0.168. The lowest BCUT2D eigenvalue weighted by atomic mass is 10.3. The highest BCUT2D eigenvalue weighted by molar-refractivity contribution is 14.0. The molecule has 1 aromatic carbocycles. The quantitative estimate of drug-likeness (QED) is 0.320. The summed E-state index contributed by atoms with van der Waals surface area (Å²) in [7, 11) is 1.65. The van der Waals surface area contributed by atoms with E-state index in [-0.39, 0.29) is 30.1 Å². The fourth-order valence-corrected chi connectivity index (χ4v) is 3.25. The second-order valence-electron chi connectivity index (χ2n) is 7.06. The van der Waals surface area contributed by atoms with Crippen molar-refractivity contribution in [3.05, 3.63) is 42.3 Å². The highest BCUT2D eigenvalue weighted by Gasteiger charge is 2.20. The van der Waals surface area contributed by atoms with Gasteiger partial charge in [-0.25, -0.2) is 4.99 Å². The van der Waals surface area contributed by atoms with Gasteiger partial charge in [-0.3, -0.25) is 4.90 Å². The zero-order valence-corrected chi connectivity index (χ0v) is 20.2. The zero-order valence-electron chi connectivity index (χ0n) is 17.9. The van der Waals surface area contributed by atoms with Gasteiger partial charge in [0.05, 0.1) is 19.3 Å². The Morgan fingerprint density at radius 2 is 2.00 bits per heavy atom. The standard InChI is InChI=1S/C21H31N5O3.HI/c1-4-22-21(23-15-17(2)29-20-7-5-6-19(14-20)27-3)26-11-9-25(10-12-26)16-18-8-13-28-24-18;/h5-8,13-14,17H,4,9-12,15-16H2,1-3H3,(H,22,23);1H. The van der Waals surface area contributed by atoms with Crippen molar-refractivity contribution in [3.63, 3.8) is 0 Å². The maximum atomic E-state index is 5.99. The Bertz CT molecular complexity index is 764. The number of methoxy groups -OCH3 is 1. The van der Waals surface area contributed by atoms with Crippen LogP contribution in [0.4, 0.5) is 0 Å². The molecule has 1 fully saturated rings. The van der Waals surface area contributed by atoms with Crippen LogP contribution in [0.25, 0.3) is 0 Å². The Labute approximate surface area is 195 Å². The molecule has 0 radical (unpaired) electrons. The van der Waals surface area contributed by atoms with E-state index in [9.17, 15) is 0 Å². The van der Waals surface area contributed by atoms with Gasteiger partial charge in [-0.1, -0.05) is 11.2 Å². The molecule has 1 aliphatic heterocycles. The second kappa shape index (κ2) is 12.6. The minimum Gasteiger partial charge on any atom is -0.497 e. The molecule has 2 aromatic rings. The van der Waals surface area contributed by atoms with Crippen molar-refractivity contribution in [1.82, 2.24) is 20.3 Å². The molecule has 1 aliphatic rings. The number of aromatic nitrogens is 1. The van der Waals surface area contributed by atoms with Crippen molar-refractivity contribution in [1.29, 1.82) is 0 Å². The molecule has 0 aliphatic carbocycles. The van der Waals surface area contributed by atoms with Gasteiger partial charge in [-0.05, 0) is 26.0 Å². The molecule has 1 N–H and O–H groups in total. The van der Waals surface area contributed by atoms with Crippen molar-refractivity contribution < 1.29 is 14.0 Å². The van der Waals surface area contributed by atoms with E-state index in [4.69, 9.17) is 19.0 Å². The lowest BCUT2D eigenvalue weighted by Crippen LogP contribution is -2.52. The Morgan fingerprint density at radius 3 is 2.67 bits per heavy atom. The van der Waals surface area contributed by atoms with Gasteiger partial charge in [-0.15, -0.1) is 24.0 Å². The van der Waals surface area contributed by atoms with Crippen LogP contribution in [0.1, 0.15) is 19.5 Å². The topological polar surface area (TPSA) is 75.4 Å². The summed E-state index contributed by atoms with van der Waals surface area (Å²) in [5.74, 6) is 2.52. The largest absolute Gasteiger partial charge is 0.497 e. The number of ether oxygens (including phenoxy) is 2. The molecule has 8 nitrogen and oxygen atoms in total. The van der Waals surface area contributed by atoms with E-state index >= 15 is 0 Å². The van der Waals surface area contributed by atoms with E-state index in [1.165, 1.54) is 0 Å². The molecular weight excluding hydrogens is 497 g/mol. The first kappa shape index (κ1) is 24.3. The monoisotopic (exact) mass is 529 g/mol. The van der Waals surface area contributed by atoms with Crippen LogP contribution in [0.15, 0.2) is 46.1 Å². The second-order valence-corrected chi connectivity index (χ2v) is 7.06. The molecule has 1 atom stereocenters. The summed E-state index contributed by atoms with van der Waals surface area (Å²) in [5, 5.41) is 7.40. The van der Waals surface area contributed by atoms with Crippen LogP contribution in [0, 0.1) is 0 Å². The number of aliphatic imine (C=N–C) groups is 1. The maximum absolute atomic E-state index is 5.99. The van der Waals surface area contributed by atoms with Gasteiger partial charge in [0.1, 0.15) is 23.9 Å². The van der Waals surface area contributed by atoms with Crippen molar-refractivity contribution in [2.75, 3.05) is 46.4 Å². The van der Waals surface area contributed by atoms with Crippen LogP contribution in [0.2, 0.25) is 0 Å². The molecule has 30 heavy (non-hydrogen) atoms. The molecule has 1 aromatic heterocycles. The molecule has 166 valence electrons. The molecule has 0 saturated carbocycles. The number of nitrogens with zero attached hydrogens (tertiary/aromatic N) is 4. The summed E-state index contributed by atoms with van der Waals surface area (Å²) < 4.78 is 16.2. The summed E-state index contributed by atoms with van der Waals surface area (Å²) >= 11 is 0. The Hall–Kier alpha value is -2.01. The average molecular weight is 529 g/mol. The van der Waals surface area contributed by atoms with Gasteiger partial charge in [0.15, 0.2) is 5.96 Å². The molecule has 1 saturated heterocycles. The smallest absolute Gasteiger partial charge is 0.194 e. The number of guanidine groups is 1. The molecular formula is C21H32IN5O3. The van der Waals surface area contributed by atoms with Crippen LogP contribution in [-0.4, -0.2) is 73.4 Å². The molecule has 2 heterocycles. The van der Waals surface area contributed by atoms with Crippen LogP contribution >= 0.6 is 24.0 Å². The third-order valence-electron chi connectivity index (χ3n) is 4.76. The van der Waals surface area contributed by atoms with Gasteiger partial charge in [0.2, 0.25) is 0 Å². The number of hydrogen-bond acceptors (Lipinski definition) is 6.